The van der Waals surface area contributed by atoms with Crippen molar-refractivity contribution < 1.29 is 5.11 Å². The van der Waals surface area contributed by atoms with Crippen LogP contribution < -0.4 is 0 Å². The van der Waals surface area contributed by atoms with Crippen molar-refractivity contribution in [3.05, 3.63) is 0 Å². The van der Waals surface area contributed by atoms with Crippen molar-refractivity contribution in [2.24, 2.45) is 5.92 Å². The Hall–Kier alpha value is 0.270. The highest BCUT2D eigenvalue weighted by Gasteiger charge is 2.18. The highest BCUT2D eigenvalue weighted by atomic mass is 32.2. The highest BCUT2D eigenvalue weighted by Crippen LogP contribution is 2.16. The van der Waals surface area contributed by atoms with E-state index in [9.17, 15) is 5.11 Å². The third-order valence-electron chi connectivity index (χ3n) is 3.65. The average molecular weight is 273 g/mol. The van der Waals surface area contributed by atoms with Gasteiger partial charge in [-0.2, -0.15) is 11.8 Å². The van der Waals surface area contributed by atoms with Gasteiger partial charge in [-0.05, 0) is 55.9 Å². The van der Waals surface area contributed by atoms with Crippen LogP contribution in [0.15, 0.2) is 0 Å². The van der Waals surface area contributed by atoms with Crippen LogP contribution in [0.1, 0.15) is 58.8 Å². The fourth-order valence-electron chi connectivity index (χ4n) is 2.35. The van der Waals surface area contributed by atoms with Crippen molar-refractivity contribution in [1.29, 1.82) is 0 Å². The topological polar surface area (TPSA) is 23.5 Å². The van der Waals surface area contributed by atoms with Crippen molar-refractivity contribution in [3.8, 4) is 0 Å². The highest BCUT2D eigenvalue weighted by molar-refractivity contribution is 7.99. The average Bonchev–Trinajstić information content (AvgIpc) is 2.34. The molecule has 108 valence electrons. The number of likely N-dealkylation sites (tertiary alicyclic amines) is 1. The van der Waals surface area contributed by atoms with Crippen molar-refractivity contribution in [3.63, 3.8) is 0 Å². The van der Waals surface area contributed by atoms with E-state index in [2.05, 4.69) is 30.5 Å². The molecule has 2 nitrogen and oxygen atoms in total. The third kappa shape index (κ3) is 7.65. The molecular weight excluding hydrogens is 242 g/mol. The van der Waals surface area contributed by atoms with Gasteiger partial charge < -0.3 is 5.11 Å². The lowest BCUT2D eigenvalue weighted by atomic mass is 10.1. The largest absolute Gasteiger partial charge is 0.378 e. The van der Waals surface area contributed by atoms with Crippen LogP contribution in [0.5, 0.6) is 0 Å². The van der Waals surface area contributed by atoms with E-state index < -0.39 is 0 Å². The predicted molar refractivity (Wildman–Crippen MR) is 82.1 cm³/mol. The molecule has 0 spiro atoms. The summed E-state index contributed by atoms with van der Waals surface area (Å²) in [5.74, 6) is 3.48. The van der Waals surface area contributed by atoms with Crippen molar-refractivity contribution in [2.75, 3.05) is 24.6 Å². The first kappa shape index (κ1) is 16.3. The van der Waals surface area contributed by atoms with Crippen LogP contribution in [0, 0.1) is 5.92 Å². The van der Waals surface area contributed by atoms with E-state index >= 15 is 0 Å². The summed E-state index contributed by atoms with van der Waals surface area (Å²) in [5, 5.41) is 9.82. The number of unbranched alkanes of at least 4 members (excludes halogenated alkanes) is 2. The van der Waals surface area contributed by atoms with E-state index in [1.54, 1.807) is 0 Å². The zero-order valence-electron chi connectivity index (χ0n) is 12.2. The van der Waals surface area contributed by atoms with Gasteiger partial charge in [-0.15, -0.1) is 0 Å². The summed E-state index contributed by atoms with van der Waals surface area (Å²) in [6, 6.07) is 0. The maximum Gasteiger partial charge on any atom is 0.107 e. The number of nitrogens with zero attached hydrogens (tertiary/aromatic N) is 1. The van der Waals surface area contributed by atoms with Crippen LogP contribution in [0.2, 0.25) is 0 Å². The Labute approximate surface area is 118 Å². The molecule has 1 rings (SSSR count). The van der Waals surface area contributed by atoms with Gasteiger partial charge in [0, 0.05) is 13.1 Å². The van der Waals surface area contributed by atoms with Crippen LogP contribution in [0.4, 0.5) is 0 Å². The number of hydrogen-bond acceptors (Lipinski definition) is 3. The lowest BCUT2D eigenvalue weighted by Gasteiger charge is -2.31. The summed E-state index contributed by atoms with van der Waals surface area (Å²) in [4.78, 5) is 2.26. The van der Waals surface area contributed by atoms with Crippen LogP contribution in [0.3, 0.4) is 0 Å². The number of hydrogen-bond donors (Lipinski definition) is 1. The van der Waals surface area contributed by atoms with Gasteiger partial charge in [-0.25, -0.2) is 0 Å². The SMILES string of the molecule is CC(C)CCSCCCCCN1CCCCC1O. The molecule has 1 fully saturated rings. The van der Waals surface area contributed by atoms with Crippen LogP contribution in [-0.2, 0) is 0 Å². The molecule has 0 bridgehead atoms. The van der Waals surface area contributed by atoms with Gasteiger partial charge in [-0.3, -0.25) is 4.90 Å². The third-order valence-corrected chi connectivity index (χ3v) is 4.75. The minimum absolute atomic E-state index is 0.154. The quantitative estimate of drug-likeness (QED) is 0.647. The second kappa shape index (κ2) is 10.1. The molecule has 1 unspecified atom stereocenters. The number of thioether (sulfide) groups is 1. The molecule has 1 aliphatic rings. The van der Waals surface area contributed by atoms with Gasteiger partial charge in [0.15, 0.2) is 0 Å². The van der Waals surface area contributed by atoms with Crippen LogP contribution in [0.25, 0.3) is 0 Å². The van der Waals surface area contributed by atoms with Crippen molar-refractivity contribution in [1.82, 2.24) is 4.90 Å². The van der Waals surface area contributed by atoms with Crippen molar-refractivity contribution >= 4 is 11.8 Å². The number of aliphatic hydroxyl groups is 1. The molecule has 1 N–H and O–H groups in total. The minimum Gasteiger partial charge on any atom is -0.378 e. The Bertz CT molecular complexity index is 199. The maximum atomic E-state index is 9.82. The van der Waals surface area contributed by atoms with Gasteiger partial charge in [0.25, 0.3) is 0 Å². The number of rotatable bonds is 9. The summed E-state index contributed by atoms with van der Waals surface area (Å²) >= 11 is 2.11. The van der Waals surface area contributed by atoms with E-state index in [1.807, 2.05) is 0 Å². The molecule has 18 heavy (non-hydrogen) atoms. The van der Waals surface area contributed by atoms with Gasteiger partial charge >= 0.3 is 0 Å². The number of piperidine rings is 1. The molecule has 1 saturated heterocycles. The Morgan fingerprint density at radius 2 is 2.00 bits per heavy atom. The summed E-state index contributed by atoms with van der Waals surface area (Å²) in [6.45, 7) is 6.79. The van der Waals surface area contributed by atoms with E-state index in [1.165, 1.54) is 50.0 Å². The molecule has 3 heteroatoms. The lowest BCUT2D eigenvalue weighted by Crippen LogP contribution is -2.39. The maximum absolute atomic E-state index is 9.82. The molecule has 1 heterocycles. The fourth-order valence-corrected chi connectivity index (χ4v) is 3.60. The first-order chi connectivity index (χ1) is 8.70. The van der Waals surface area contributed by atoms with E-state index in [0.29, 0.717) is 0 Å². The Balaban J connectivity index is 1.86. The predicted octanol–water partition coefficient (Wildman–Crippen LogP) is 3.74. The Kier molecular flexibility index (Phi) is 9.16. The Morgan fingerprint density at radius 1 is 1.17 bits per heavy atom. The molecule has 0 aromatic rings. The van der Waals surface area contributed by atoms with E-state index in [4.69, 9.17) is 0 Å². The molecular formula is C15H31NOS. The monoisotopic (exact) mass is 273 g/mol. The van der Waals surface area contributed by atoms with Gasteiger partial charge in [-0.1, -0.05) is 20.3 Å². The van der Waals surface area contributed by atoms with Gasteiger partial charge in [0.2, 0.25) is 0 Å². The molecule has 0 aromatic carbocycles. The van der Waals surface area contributed by atoms with Crippen LogP contribution in [-0.4, -0.2) is 40.8 Å². The van der Waals surface area contributed by atoms with Crippen molar-refractivity contribution in [2.45, 2.75) is 65.0 Å². The Morgan fingerprint density at radius 3 is 2.72 bits per heavy atom. The van der Waals surface area contributed by atoms with E-state index in [-0.39, 0.29) is 6.23 Å². The molecule has 0 aromatic heterocycles. The standard InChI is InChI=1S/C15H31NOS/c1-14(2)9-13-18-12-7-3-5-10-16-11-6-4-8-15(16)17/h14-15,17H,3-13H2,1-2H3. The second-order valence-electron chi connectivity index (χ2n) is 5.87. The lowest BCUT2D eigenvalue weighted by molar-refractivity contribution is -0.0242. The first-order valence-electron chi connectivity index (χ1n) is 7.70. The van der Waals surface area contributed by atoms with E-state index in [0.717, 1.165) is 25.4 Å². The first-order valence-corrected chi connectivity index (χ1v) is 8.85. The smallest absolute Gasteiger partial charge is 0.107 e. The summed E-state index contributed by atoms with van der Waals surface area (Å²) < 4.78 is 0. The molecule has 0 aliphatic carbocycles. The zero-order valence-corrected chi connectivity index (χ0v) is 13.1. The molecule has 0 radical (unpaired) electrons. The molecule has 1 atom stereocenters. The normalized spacial score (nSPS) is 21.7. The zero-order chi connectivity index (χ0) is 13.2. The number of aliphatic hydroxyl groups excluding tert-OH is 1. The second-order valence-corrected chi connectivity index (χ2v) is 7.09. The summed E-state index contributed by atoms with van der Waals surface area (Å²) in [7, 11) is 0. The fraction of sp³-hybridized carbons (Fsp3) is 1.00. The molecule has 1 aliphatic heterocycles. The van der Waals surface area contributed by atoms with Crippen LogP contribution >= 0.6 is 11.8 Å². The molecule has 0 saturated carbocycles. The van der Waals surface area contributed by atoms with Gasteiger partial charge in [0.1, 0.15) is 6.23 Å². The summed E-state index contributed by atoms with van der Waals surface area (Å²) in [6.07, 6.45) is 8.55. The van der Waals surface area contributed by atoms with Gasteiger partial charge in [0.05, 0.1) is 0 Å². The molecule has 0 amide bonds. The minimum atomic E-state index is -0.154. The summed E-state index contributed by atoms with van der Waals surface area (Å²) in [5.41, 5.74) is 0.